The number of ketones is 1. The molecule has 0 heterocycles. The standard InChI is InChI=1S/C17H18ClNO/c1-19(2)12-16(13-8-10-15(18)11-9-13)17(20)14-6-4-3-5-7-14/h3-11,16H,12H2,1-2H3. The van der Waals surface area contributed by atoms with Crippen LogP contribution in [-0.4, -0.2) is 31.3 Å². The average molecular weight is 288 g/mol. The van der Waals surface area contributed by atoms with Crippen molar-refractivity contribution in [3.05, 3.63) is 70.7 Å². The molecule has 0 spiro atoms. The van der Waals surface area contributed by atoms with Crippen molar-refractivity contribution in [3.63, 3.8) is 0 Å². The highest BCUT2D eigenvalue weighted by atomic mass is 35.5. The number of Topliss-reactive ketones (excluding diaryl/α,β-unsaturated/α-hetero) is 1. The van der Waals surface area contributed by atoms with Crippen LogP contribution in [0, 0.1) is 0 Å². The highest BCUT2D eigenvalue weighted by Crippen LogP contribution is 2.23. The van der Waals surface area contributed by atoms with Crippen molar-refractivity contribution in [3.8, 4) is 0 Å². The molecule has 0 aromatic heterocycles. The molecule has 1 unspecified atom stereocenters. The molecule has 3 heteroatoms. The van der Waals surface area contributed by atoms with Gasteiger partial charge in [0.1, 0.15) is 0 Å². The van der Waals surface area contributed by atoms with Crippen LogP contribution in [0.15, 0.2) is 54.6 Å². The summed E-state index contributed by atoms with van der Waals surface area (Å²) in [4.78, 5) is 14.7. The molecule has 2 aromatic carbocycles. The zero-order valence-electron chi connectivity index (χ0n) is 11.7. The number of likely N-dealkylation sites (N-methyl/N-ethyl adjacent to an activating group) is 1. The van der Waals surface area contributed by atoms with E-state index in [0.717, 1.165) is 11.1 Å². The molecule has 0 aliphatic carbocycles. The number of nitrogens with zero attached hydrogens (tertiary/aromatic N) is 1. The van der Waals surface area contributed by atoms with Crippen LogP contribution in [-0.2, 0) is 0 Å². The van der Waals surface area contributed by atoms with Crippen LogP contribution in [0.3, 0.4) is 0 Å². The van der Waals surface area contributed by atoms with Crippen molar-refractivity contribution in [2.45, 2.75) is 5.92 Å². The Morgan fingerprint density at radius 3 is 2.20 bits per heavy atom. The smallest absolute Gasteiger partial charge is 0.171 e. The molecule has 2 nitrogen and oxygen atoms in total. The van der Waals surface area contributed by atoms with Gasteiger partial charge in [0.25, 0.3) is 0 Å². The third-order valence-corrected chi connectivity index (χ3v) is 3.45. The van der Waals surface area contributed by atoms with Gasteiger partial charge in [-0.05, 0) is 31.8 Å². The maximum absolute atomic E-state index is 12.7. The predicted molar refractivity (Wildman–Crippen MR) is 83.5 cm³/mol. The first-order valence-corrected chi connectivity index (χ1v) is 6.95. The summed E-state index contributed by atoms with van der Waals surface area (Å²) >= 11 is 5.92. The van der Waals surface area contributed by atoms with E-state index in [1.807, 2.05) is 73.6 Å². The summed E-state index contributed by atoms with van der Waals surface area (Å²) in [6.45, 7) is 0.676. The lowest BCUT2D eigenvalue weighted by Crippen LogP contribution is -2.26. The Hall–Kier alpha value is -1.64. The van der Waals surface area contributed by atoms with E-state index in [1.54, 1.807) is 0 Å². The Balaban J connectivity index is 2.32. The quantitative estimate of drug-likeness (QED) is 0.778. The first-order chi connectivity index (χ1) is 9.58. The normalized spacial score (nSPS) is 12.4. The van der Waals surface area contributed by atoms with E-state index in [-0.39, 0.29) is 11.7 Å². The number of carbonyl (C=O) groups is 1. The molecule has 1 atom stereocenters. The first-order valence-electron chi connectivity index (χ1n) is 6.57. The molecule has 0 saturated heterocycles. The van der Waals surface area contributed by atoms with E-state index in [4.69, 9.17) is 11.6 Å². The molecule has 0 amide bonds. The lowest BCUT2D eigenvalue weighted by Gasteiger charge is -2.20. The van der Waals surface area contributed by atoms with Gasteiger partial charge in [-0.1, -0.05) is 54.1 Å². The summed E-state index contributed by atoms with van der Waals surface area (Å²) in [5.74, 6) is -0.0358. The second-order valence-electron chi connectivity index (χ2n) is 5.10. The Morgan fingerprint density at radius 1 is 1.05 bits per heavy atom. The molecule has 0 fully saturated rings. The minimum Gasteiger partial charge on any atom is -0.308 e. The third kappa shape index (κ3) is 3.69. The summed E-state index contributed by atoms with van der Waals surface area (Å²) in [7, 11) is 3.95. The van der Waals surface area contributed by atoms with Crippen LogP contribution in [0.1, 0.15) is 21.8 Å². The van der Waals surface area contributed by atoms with Crippen molar-refractivity contribution < 1.29 is 4.79 Å². The zero-order chi connectivity index (χ0) is 14.5. The molecular formula is C17H18ClNO. The van der Waals surface area contributed by atoms with Gasteiger partial charge < -0.3 is 4.90 Å². The molecule has 20 heavy (non-hydrogen) atoms. The molecule has 0 aliphatic rings. The second kappa shape index (κ2) is 6.69. The molecule has 0 bridgehead atoms. The van der Waals surface area contributed by atoms with Crippen molar-refractivity contribution in [2.75, 3.05) is 20.6 Å². The summed E-state index contributed by atoms with van der Waals surface area (Å²) in [6.07, 6.45) is 0. The number of rotatable bonds is 5. The molecular weight excluding hydrogens is 270 g/mol. The molecule has 0 N–H and O–H groups in total. The van der Waals surface area contributed by atoms with E-state index in [2.05, 4.69) is 0 Å². The highest BCUT2D eigenvalue weighted by molar-refractivity contribution is 6.30. The van der Waals surface area contributed by atoms with Crippen LogP contribution in [0.4, 0.5) is 0 Å². The number of benzene rings is 2. The van der Waals surface area contributed by atoms with Gasteiger partial charge in [-0.2, -0.15) is 0 Å². The first kappa shape index (κ1) is 14.8. The van der Waals surface area contributed by atoms with Crippen molar-refractivity contribution >= 4 is 17.4 Å². The van der Waals surface area contributed by atoms with Gasteiger partial charge >= 0.3 is 0 Å². The zero-order valence-corrected chi connectivity index (χ0v) is 12.5. The Kier molecular flexibility index (Phi) is 4.94. The summed E-state index contributed by atoms with van der Waals surface area (Å²) in [6, 6.07) is 16.9. The van der Waals surface area contributed by atoms with Gasteiger partial charge in [0.05, 0.1) is 5.92 Å². The molecule has 0 aliphatic heterocycles. The van der Waals surface area contributed by atoms with Gasteiger partial charge in [-0.15, -0.1) is 0 Å². The monoisotopic (exact) mass is 287 g/mol. The summed E-state index contributed by atoms with van der Waals surface area (Å²) in [5.41, 5.74) is 1.74. The fourth-order valence-corrected chi connectivity index (χ4v) is 2.33. The van der Waals surface area contributed by atoms with Crippen LogP contribution in [0.25, 0.3) is 0 Å². The maximum atomic E-state index is 12.7. The van der Waals surface area contributed by atoms with Crippen LogP contribution in [0.5, 0.6) is 0 Å². The lowest BCUT2D eigenvalue weighted by atomic mass is 9.90. The topological polar surface area (TPSA) is 20.3 Å². The maximum Gasteiger partial charge on any atom is 0.171 e. The predicted octanol–water partition coefficient (Wildman–Crippen LogP) is 3.87. The molecule has 104 valence electrons. The van der Waals surface area contributed by atoms with Gasteiger partial charge in [-0.3, -0.25) is 4.79 Å². The molecule has 2 aromatic rings. The number of carbonyl (C=O) groups excluding carboxylic acids is 1. The fourth-order valence-electron chi connectivity index (χ4n) is 2.20. The van der Waals surface area contributed by atoms with Crippen LogP contribution in [0.2, 0.25) is 5.02 Å². The number of hydrogen-bond acceptors (Lipinski definition) is 2. The van der Waals surface area contributed by atoms with Crippen LogP contribution >= 0.6 is 11.6 Å². The number of hydrogen-bond donors (Lipinski definition) is 0. The molecule has 0 radical (unpaired) electrons. The van der Waals surface area contributed by atoms with Gasteiger partial charge in [0.2, 0.25) is 0 Å². The second-order valence-corrected chi connectivity index (χ2v) is 5.53. The minimum atomic E-state index is -0.176. The van der Waals surface area contributed by atoms with E-state index in [0.29, 0.717) is 11.6 Å². The van der Waals surface area contributed by atoms with Crippen molar-refractivity contribution in [1.29, 1.82) is 0 Å². The number of halogens is 1. The SMILES string of the molecule is CN(C)CC(C(=O)c1ccccc1)c1ccc(Cl)cc1. The van der Waals surface area contributed by atoms with Crippen LogP contribution < -0.4 is 0 Å². The Morgan fingerprint density at radius 2 is 1.65 bits per heavy atom. The van der Waals surface area contributed by atoms with E-state index in [9.17, 15) is 4.79 Å². The Labute approximate surface area is 125 Å². The minimum absolute atomic E-state index is 0.140. The average Bonchev–Trinajstić information content (AvgIpc) is 2.46. The fraction of sp³-hybridized carbons (Fsp3) is 0.235. The lowest BCUT2D eigenvalue weighted by molar-refractivity contribution is 0.0945. The van der Waals surface area contributed by atoms with Gasteiger partial charge in [0, 0.05) is 17.1 Å². The Bertz CT molecular complexity index is 563. The van der Waals surface area contributed by atoms with Crippen molar-refractivity contribution in [1.82, 2.24) is 4.90 Å². The van der Waals surface area contributed by atoms with Crippen molar-refractivity contribution in [2.24, 2.45) is 0 Å². The summed E-state index contributed by atoms with van der Waals surface area (Å²) < 4.78 is 0. The van der Waals surface area contributed by atoms with E-state index in [1.165, 1.54) is 0 Å². The van der Waals surface area contributed by atoms with E-state index < -0.39 is 0 Å². The third-order valence-electron chi connectivity index (χ3n) is 3.19. The molecule has 2 rings (SSSR count). The molecule has 0 saturated carbocycles. The highest BCUT2D eigenvalue weighted by Gasteiger charge is 2.22. The van der Waals surface area contributed by atoms with Gasteiger partial charge in [-0.25, -0.2) is 0 Å². The largest absolute Gasteiger partial charge is 0.308 e. The van der Waals surface area contributed by atoms with Gasteiger partial charge in [0.15, 0.2) is 5.78 Å². The van der Waals surface area contributed by atoms with E-state index >= 15 is 0 Å². The summed E-state index contributed by atoms with van der Waals surface area (Å²) in [5, 5.41) is 0.685.